The number of rotatable bonds is 3. The second kappa shape index (κ2) is 3.82. The molecule has 0 unspecified atom stereocenters. The van der Waals surface area contributed by atoms with Crippen molar-refractivity contribution in [3.63, 3.8) is 0 Å². The van der Waals surface area contributed by atoms with Crippen molar-refractivity contribution in [3.05, 3.63) is 17.6 Å². The molecule has 15 heavy (non-hydrogen) atoms. The molecule has 0 bridgehead atoms. The van der Waals surface area contributed by atoms with Crippen LogP contribution in [0.15, 0.2) is 6.20 Å². The van der Waals surface area contributed by atoms with Crippen LogP contribution in [0.3, 0.4) is 0 Å². The van der Waals surface area contributed by atoms with Crippen molar-refractivity contribution >= 4 is 11.7 Å². The van der Waals surface area contributed by atoms with Gasteiger partial charge in [-0.3, -0.25) is 4.79 Å². The average Bonchev–Trinajstić information content (AvgIpc) is 2.17. The van der Waals surface area contributed by atoms with Crippen LogP contribution in [-0.2, 0) is 10.3 Å². The van der Waals surface area contributed by atoms with Crippen LogP contribution in [-0.4, -0.2) is 23.0 Å². The number of methoxy groups -OCH3 is 1. The number of hydrogen-bond donors (Lipinski definition) is 2. The zero-order valence-corrected chi connectivity index (χ0v) is 8.94. The lowest BCUT2D eigenvalue weighted by molar-refractivity contribution is 0.0115. The number of hydrogen-bond acceptors (Lipinski definition) is 5. The van der Waals surface area contributed by atoms with Crippen molar-refractivity contribution in [2.75, 3.05) is 12.8 Å². The molecule has 6 nitrogen and oxygen atoms in total. The number of amides is 1. The minimum atomic E-state index is -0.649. The van der Waals surface area contributed by atoms with Gasteiger partial charge in [-0.15, -0.1) is 0 Å². The third-order valence-electron chi connectivity index (χ3n) is 2.13. The molecule has 0 aliphatic rings. The van der Waals surface area contributed by atoms with Gasteiger partial charge >= 0.3 is 0 Å². The Hall–Kier alpha value is -1.69. The first kappa shape index (κ1) is 11.4. The maximum absolute atomic E-state index is 10.9. The second-order valence-electron chi connectivity index (χ2n) is 3.57. The van der Waals surface area contributed by atoms with Crippen molar-refractivity contribution in [1.29, 1.82) is 0 Å². The number of nitrogen functional groups attached to an aromatic ring is 1. The first-order chi connectivity index (χ1) is 6.88. The summed E-state index contributed by atoms with van der Waals surface area (Å²) >= 11 is 0. The van der Waals surface area contributed by atoms with Gasteiger partial charge in [-0.2, -0.15) is 0 Å². The lowest BCUT2D eigenvalue weighted by Crippen LogP contribution is -2.25. The Labute approximate surface area is 87.7 Å². The van der Waals surface area contributed by atoms with Gasteiger partial charge in [-0.25, -0.2) is 9.97 Å². The summed E-state index contributed by atoms with van der Waals surface area (Å²) in [6.07, 6.45) is 1.31. The highest BCUT2D eigenvalue weighted by molar-refractivity contribution is 5.96. The maximum Gasteiger partial charge on any atom is 0.254 e. The molecule has 1 aromatic heterocycles. The molecular weight excluding hydrogens is 196 g/mol. The molecule has 0 aliphatic heterocycles. The SMILES string of the molecule is COC(C)(C)c1ncc(C(N)=O)c(N)n1. The van der Waals surface area contributed by atoms with Crippen LogP contribution in [0.25, 0.3) is 0 Å². The lowest BCUT2D eigenvalue weighted by Gasteiger charge is -2.21. The summed E-state index contributed by atoms with van der Waals surface area (Å²) in [6, 6.07) is 0. The van der Waals surface area contributed by atoms with Gasteiger partial charge in [-0.05, 0) is 13.8 Å². The molecule has 0 aliphatic carbocycles. The summed E-state index contributed by atoms with van der Waals surface area (Å²) in [5.74, 6) is -0.167. The van der Waals surface area contributed by atoms with Crippen molar-refractivity contribution in [3.8, 4) is 0 Å². The number of ether oxygens (including phenoxy) is 1. The normalized spacial score (nSPS) is 11.4. The van der Waals surface area contributed by atoms with Crippen LogP contribution in [0.2, 0.25) is 0 Å². The molecule has 82 valence electrons. The highest BCUT2D eigenvalue weighted by atomic mass is 16.5. The van der Waals surface area contributed by atoms with Gasteiger partial charge in [0, 0.05) is 13.3 Å². The quantitative estimate of drug-likeness (QED) is 0.732. The van der Waals surface area contributed by atoms with Gasteiger partial charge in [0.25, 0.3) is 5.91 Å². The van der Waals surface area contributed by atoms with Gasteiger partial charge in [0.2, 0.25) is 0 Å². The van der Waals surface area contributed by atoms with E-state index in [2.05, 4.69) is 9.97 Å². The zero-order chi connectivity index (χ0) is 11.6. The minimum absolute atomic E-state index is 0.0672. The van der Waals surface area contributed by atoms with E-state index in [1.54, 1.807) is 21.0 Å². The van der Waals surface area contributed by atoms with E-state index in [-0.39, 0.29) is 11.4 Å². The molecule has 0 radical (unpaired) electrons. The van der Waals surface area contributed by atoms with Crippen molar-refractivity contribution in [2.45, 2.75) is 19.4 Å². The van der Waals surface area contributed by atoms with Gasteiger partial charge in [0.1, 0.15) is 11.4 Å². The van der Waals surface area contributed by atoms with Gasteiger partial charge < -0.3 is 16.2 Å². The van der Waals surface area contributed by atoms with Crippen LogP contribution in [0.5, 0.6) is 0 Å². The largest absolute Gasteiger partial charge is 0.383 e. The summed E-state index contributed by atoms with van der Waals surface area (Å²) < 4.78 is 5.18. The van der Waals surface area contributed by atoms with Crippen molar-refractivity contribution < 1.29 is 9.53 Å². The van der Waals surface area contributed by atoms with Crippen LogP contribution in [0, 0.1) is 0 Å². The number of carbonyl (C=O) groups is 1. The molecule has 0 fully saturated rings. The number of nitrogens with zero attached hydrogens (tertiary/aromatic N) is 2. The molecule has 0 saturated carbocycles. The molecule has 0 atom stereocenters. The van der Waals surface area contributed by atoms with E-state index in [9.17, 15) is 4.79 Å². The predicted octanol–water partition coefficient (Wildman–Crippen LogP) is 0.0392. The third kappa shape index (κ3) is 2.21. The zero-order valence-electron chi connectivity index (χ0n) is 8.94. The smallest absolute Gasteiger partial charge is 0.254 e. The highest BCUT2D eigenvalue weighted by Crippen LogP contribution is 2.21. The Morgan fingerprint density at radius 1 is 1.53 bits per heavy atom. The van der Waals surface area contributed by atoms with E-state index < -0.39 is 11.5 Å². The van der Waals surface area contributed by atoms with E-state index in [1.165, 1.54) is 6.20 Å². The Kier molecular flexibility index (Phi) is 2.90. The fourth-order valence-electron chi connectivity index (χ4n) is 0.966. The minimum Gasteiger partial charge on any atom is -0.383 e. The van der Waals surface area contributed by atoms with Crippen LogP contribution in [0.4, 0.5) is 5.82 Å². The summed E-state index contributed by atoms with van der Waals surface area (Å²) in [4.78, 5) is 18.8. The predicted molar refractivity (Wildman–Crippen MR) is 55.0 cm³/mol. The number of nitrogens with two attached hydrogens (primary N) is 2. The summed E-state index contributed by atoms with van der Waals surface area (Å²) in [5.41, 5.74) is 10.1. The fourth-order valence-corrected chi connectivity index (χ4v) is 0.966. The Morgan fingerprint density at radius 3 is 2.53 bits per heavy atom. The molecule has 0 saturated heterocycles. The van der Waals surface area contributed by atoms with Crippen LogP contribution in [0.1, 0.15) is 30.0 Å². The van der Waals surface area contributed by atoms with E-state index in [1.807, 2.05) is 0 Å². The van der Waals surface area contributed by atoms with Crippen molar-refractivity contribution in [1.82, 2.24) is 9.97 Å². The van der Waals surface area contributed by atoms with E-state index >= 15 is 0 Å². The number of primary amides is 1. The van der Waals surface area contributed by atoms with Crippen LogP contribution < -0.4 is 11.5 Å². The molecular formula is C9H14N4O2. The maximum atomic E-state index is 10.9. The number of aromatic nitrogens is 2. The molecule has 0 spiro atoms. The average molecular weight is 210 g/mol. The molecule has 4 N–H and O–H groups in total. The Bertz CT molecular complexity index is 390. The monoisotopic (exact) mass is 210 g/mol. The van der Waals surface area contributed by atoms with Gasteiger partial charge in [-0.1, -0.05) is 0 Å². The Balaban J connectivity index is 3.18. The molecule has 1 aromatic rings. The van der Waals surface area contributed by atoms with Gasteiger partial charge in [0.15, 0.2) is 5.82 Å². The molecule has 1 heterocycles. The van der Waals surface area contributed by atoms with Crippen molar-refractivity contribution in [2.24, 2.45) is 5.73 Å². The first-order valence-corrected chi connectivity index (χ1v) is 4.36. The number of anilines is 1. The molecule has 0 aromatic carbocycles. The van der Waals surface area contributed by atoms with E-state index in [0.717, 1.165) is 0 Å². The third-order valence-corrected chi connectivity index (χ3v) is 2.13. The van der Waals surface area contributed by atoms with Gasteiger partial charge in [0.05, 0.1) is 5.56 Å². The fraction of sp³-hybridized carbons (Fsp3) is 0.444. The topological polar surface area (TPSA) is 104 Å². The summed E-state index contributed by atoms with van der Waals surface area (Å²) in [7, 11) is 1.54. The molecule has 1 amide bonds. The van der Waals surface area contributed by atoms with E-state index in [0.29, 0.717) is 5.82 Å². The lowest BCUT2D eigenvalue weighted by atomic mass is 10.1. The molecule has 6 heteroatoms. The second-order valence-corrected chi connectivity index (χ2v) is 3.57. The molecule has 1 rings (SSSR count). The first-order valence-electron chi connectivity index (χ1n) is 4.36. The Morgan fingerprint density at radius 2 is 2.13 bits per heavy atom. The summed E-state index contributed by atoms with van der Waals surface area (Å²) in [5, 5.41) is 0. The van der Waals surface area contributed by atoms with E-state index in [4.69, 9.17) is 16.2 Å². The highest BCUT2D eigenvalue weighted by Gasteiger charge is 2.24. The summed E-state index contributed by atoms with van der Waals surface area (Å²) in [6.45, 7) is 3.59. The van der Waals surface area contributed by atoms with Crippen LogP contribution >= 0.6 is 0 Å². The number of carbonyl (C=O) groups excluding carboxylic acids is 1. The standard InChI is InChI=1S/C9H14N4O2/c1-9(2,15-3)8-12-4-5(7(11)14)6(10)13-8/h4H,1-3H3,(H2,11,14)(H2,10,12,13).